The third-order valence-corrected chi connectivity index (χ3v) is 4.77. The Hall–Kier alpha value is -2.55. The van der Waals surface area contributed by atoms with Crippen LogP contribution in [0.2, 0.25) is 0 Å². The minimum absolute atomic E-state index is 0.241. The number of nitrogens with two attached hydrogens (primary N) is 1. The van der Waals surface area contributed by atoms with Crippen molar-refractivity contribution in [2.45, 2.75) is 19.4 Å². The highest BCUT2D eigenvalue weighted by Gasteiger charge is 2.24. The fraction of sp³-hybridized carbons (Fsp3) is 0.176. The van der Waals surface area contributed by atoms with Gasteiger partial charge in [0.15, 0.2) is 0 Å². The summed E-state index contributed by atoms with van der Waals surface area (Å²) < 4.78 is 25.0. The first-order valence-corrected chi connectivity index (χ1v) is 9.12. The average Bonchev–Trinajstić information content (AvgIpc) is 2.53. The van der Waals surface area contributed by atoms with Gasteiger partial charge in [-0.25, -0.2) is 10.2 Å². The van der Waals surface area contributed by atoms with Crippen LogP contribution in [0.1, 0.15) is 19.4 Å². The number of nitrogens with zero attached hydrogens (tertiary/aromatic N) is 1. The molecule has 0 unspecified atom stereocenters. The van der Waals surface area contributed by atoms with Crippen molar-refractivity contribution in [2.75, 3.05) is 0 Å². The number of fused-ring (bicyclic) bond motifs is 1. The van der Waals surface area contributed by atoms with Crippen LogP contribution in [0, 0.1) is 0 Å². The molecule has 1 heterocycles. The van der Waals surface area contributed by atoms with Crippen molar-refractivity contribution in [3.8, 4) is 11.3 Å². The van der Waals surface area contributed by atoms with Gasteiger partial charge in [0, 0.05) is 10.9 Å². The van der Waals surface area contributed by atoms with Gasteiger partial charge < -0.3 is 0 Å². The van der Waals surface area contributed by atoms with Gasteiger partial charge in [0.2, 0.25) is 0 Å². The third-order valence-electron chi connectivity index (χ3n) is 3.97. The van der Waals surface area contributed by atoms with Gasteiger partial charge in [-0.1, -0.05) is 42.5 Å². The van der Waals surface area contributed by atoms with Crippen LogP contribution in [0.15, 0.2) is 53.3 Å². The number of hydrogen-bond acceptors (Lipinski definition) is 4. The number of aromatic amines is 1. The van der Waals surface area contributed by atoms with Crippen molar-refractivity contribution in [1.29, 1.82) is 0 Å². The molecule has 0 saturated carbocycles. The highest BCUT2D eigenvalue weighted by atomic mass is 32.2. The Morgan fingerprint density at radius 3 is 2.24 bits per heavy atom. The summed E-state index contributed by atoms with van der Waals surface area (Å²) in [5.41, 5.74) is 1.11. The van der Waals surface area contributed by atoms with Gasteiger partial charge in [0.1, 0.15) is 0 Å². The zero-order chi connectivity index (χ0) is 18.2. The molecule has 0 spiro atoms. The molecule has 130 valence electrons. The highest BCUT2D eigenvalue weighted by molar-refractivity contribution is 7.87. The Kier molecular flexibility index (Phi) is 4.19. The van der Waals surface area contributed by atoms with E-state index in [2.05, 4.69) is 14.9 Å². The molecule has 8 heteroatoms. The lowest BCUT2D eigenvalue weighted by molar-refractivity contribution is 0.473. The van der Waals surface area contributed by atoms with E-state index < -0.39 is 15.7 Å². The van der Waals surface area contributed by atoms with E-state index in [0.717, 1.165) is 16.5 Å². The second kappa shape index (κ2) is 6.07. The number of benzene rings is 2. The summed E-state index contributed by atoms with van der Waals surface area (Å²) in [6, 6.07) is 14.5. The molecule has 0 saturated heterocycles. The van der Waals surface area contributed by atoms with E-state index in [1.807, 2.05) is 24.3 Å². The molecule has 3 rings (SSSR count). The quantitative estimate of drug-likeness (QED) is 0.657. The molecule has 0 aliphatic carbocycles. The molecular weight excluding hydrogens is 340 g/mol. The van der Waals surface area contributed by atoms with Crippen molar-refractivity contribution in [2.24, 2.45) is 5.14 Å². The van der Waals surface area contributed by atoms with Gasteiger partial charge >= 0.3 is 0 Å². The van der Waals surface area contributed by atoms with E-state index in [4.69, 9.17) is 5.14 Å². The van der Waals surface area contributed by atoms with Crippen LogP contribution >= 0.6 is 0 Å². The Morgan fingerprint density at radius 1 is 1.04 bits per heavy atom. The monoisotopic (exact) mass is 358 g/mol. The minimum atomic E-state index is -3.83. The van der Waals surface area contributed by atoms with E-state index in [-0.39, 0.29) is 5.56 Å². The lowest BCUT2D eigenvalue weighted by Crippen LogP contribution is -2.44. The Bertz CT molecular complexity index is 1090. The third kappa shape index (κ3) is 3.60. The molecule has 0 fully saturated rings. The molecule has 0 radical (unpaired) electrons. The predicted octanol–water partition coefficient (Wildman–Crippen LogP) is 1.62. The number of aromatic nitrogens is 2. The summed E-state index contributed by atoms with van der Waals surface area (Å²) in [5, 5.41) is 13.0. The van der Waals surface area contributed by atoms with Crippen molar-refractivity contribution in [3.05, 3.63) is 64.4 Å². The second-order valence-corrected chi connectivity index (χ2v) is 7.59. The smallest absolute Gasteiger partial charge is 0.267 e. The molecule has 3 aromatic rings. The second-order valence-electron chi connectivity index (χ2n) is 6.30. The number of hydrogen-bond donors (Lipinski definition) is 3. The van der Waals surface area contributed by atoms with Crippen LogP contribution in [0.3, 0.4) is 0 Å². The number of rotatable bonds is 4. The van der Waals surface area contributed by atoms with Gasteiger partial charge in [-0.2, -0.15) is 18.2 Å². The van der Waals surface area contributed by atoms with Crippen molar-refractivity contribution in [3.63, 3.8) is 0 Å². The van der Waals surface area contributed by atoms with Crippen molar-refractivity contribution < 1.29 is 8.42 Å². The van der Waals surface area contributed by atoms with Crippen LogP contribution in [0.4, 0.5) is 0 Å². The van der Waals surface area contributed by atoms with Gasteiger partial charge in [0.25, 0.3) is 15.8 Å². The summed E-state index contributed by atoms with van der Waals surface area (Å²) in [7, 11) is -3.83. The molecule has 2 aromatic carbocycles. The van der Waals surface area contributed by atoms with Crippen molar-refractivity contribution >= 4 is 21.0 Å². The summed E-state index contributed by atoms with van der Waals surface area (Å²) in [4.78, 5) is 11.9. The molecule has 0 aliphatic rings. The van der Waals surface area contributed by atoms with Gasteiger partial charge in [-0.15, -0.1) is 0 Å². The predicted molar refractivity (Wildman–Crippen MR) is 97.1 cm³/mol. The maximum Gasteiger partial charge on any atom is 0.275 e. The van der Waals surface area contributed by atoms with Crippen LogP contribution in [0.25, 0.3) is 22.0 Å². The zero-order valence-electron chi connectivity index (χ0n) is 13.8. The topological polar surface area (TPSA) is 118 Å². The first-order valence-electron chi connectivity index (χ1n) is 7.57. The molecule has 4 N–H and O–H groups in total. The molecule has 0 aliphatic heterocycles. The molecule has 1 aromatic heterocycles. The fourth-order valence-corrected chi connectivity index (χ4v) is 3.62. The first kappa shape index (κ1) is 17.3. The Morgan fingerprint density at radius 2 is 1.64 bits per heavy atom. The first-order chi connectivity index (χ1) is 11.7. The maximum atomic E-state index is 11.9. The van der Waals surface area contributed by atoms with E-state index in [9.17, 15) is 13.2 Å². The minimum Gasteiger partial charge on any atom is -0.267 e. The van der Waals surface area contributed by atoms with Gasteiger partial charge in [0.05, 0.1) is 16.6 Å². The molecular formula is C17H18N4O3S. The van der Waals surface area contributed by atoms with Gasteiger partial charge in [-0.05, 0) is 25.5 Å². The maximum absolute atomic E-state index is 11.9. The lowest BCUT2D eigenvalue weighted by atomic mass is 9.94. The zero-order valence-corrected chi connectivity index (χ0v) is 14.6. The van der Waals surface area contributed by atoms with E-state index in [1.165, 1.54) is 0 Å². The van der Waals surface area contributed by atoms with E-state index in [0.29, 0.717) is 11.1 Å². The summed E-state index contributed by atoms with van der Waals surface area (Å²) in [6.07, 6.45) is 0. The molecule has 0 amide bonds. The molecule has 25 heavy (non-hydrogen) atoms. The Balaban J connectivity index is 2.05. The molecule has 0 bridgehead atoms. The van der Waals surface area contributed by atoms with Crippen LogP contribution in [0.5, 0.6) is 0 Å². The number of H-pyrrole nitrogens is 1. The average molecular weight is 358 g/mol. The van der Waals surface area contributed by atoms with Crippen LogP contribution in [-0.2, 0) is 15.7 Å². The fourth-order valence-electron chi connectivity index (χ4n) is 2.79. The largest absolute Gasteiger partial charge is 0.275 e. The SMILES string of the molecule is CC(C)(NS(N)(=O)=O)c1ccc(-c2n[nH]c(=O)c3ccccc23)cc1. The standard InChI is InChI=1S/C17H18N4O3S/c1-17(2,21-25(18,23)24)12-9-7-11(8-10-12)15-13-5-3-4-6-14(13)16(22)20-19-15/h3-10,21H,1-2H3,(H,20,22)(H2,18,23,24). The number of nitrogens with one attached hydrogen (secondary N) is 2. The highest BCUT2D eigenvalue weighted by Crippen LogP contribution is 2.27. The van der Waals surface area contributed by atoms with Crippen LogP contribution < -0.4 is 15.4 Å². The van der Waals surface area contributed by atoms with E-state index >= 15 is 0 Å². The molecule has 0 atom stereocenters. The van der Waals surface area contributed by atoms with Crippen LogP contribution in [-0.4, -0.2) is 18.6 Å². The summed E-state index contributed by atoms with van der Waals surface area (Å²) in [6.45, 7) is 3.44. The normalized spacial score (nSPS) is 12.4. The molecule has 7 nitrogen and oxygen atoms in total. The van der Waals surface area contributed by atoms with Gasteiger partial charge in [-0.3, -0.25) is 4.79 Å². The summed E-state index contributed by atoms with van der Waals surface area (Å²) in [5.74, 6) is 0. The lowest BCUT2D eigenvalue weighted by Gasteiger charge is -2.25. The van der Waals surface area contributed by atoms with Crippen molar-refractivity contribution in [1.82, 2.24) is 14.9 Å². The Labute approximate surface area is 145 Å². The van der Waals surface area contributed by atoms with E-state index in [1.54, 1.807) is 38.1 Å². The summed E-state index contributed by atoms with van der Waals surface area (Å²) >= 11 is 0.